The lowest BCUT2D eigenvalue weighted by Gasteiger charge is -2.13. The molecular weight excluding hydrogens is 282 g/mol. The van der Waals surface area contributed by atoms with E-state index in [1.165, 1.54) is 25.0 Å². The summed E-state index contributed by atoms with van der Waals surface area (Å²) in [5, 5.41) is 1.28. The number of hydrogen-bond acceptors (Lipinski definition) is 1. The van der Waals surface area contributed by atoms with Gasteiger partial charge in [0, 0.05) is 10.7 Å². The SMILES string of the molecule is Fc1ccc(OCC2(CBr)CC2)c(Cl)c1. The molecule has 2 rings (SSSR count). The van der Waals surface area contributed by atoms with Crippen LogP contribution in [0.1, 0.15) is 12.8 Å². The Bertz CT molecular complexity index is 366. The molecule has 1 aromatic carbocycles. The highest BCUT2D eigenvalue weighted by Gasteiger charge is 2.42. The molecule has 0 heterocycles. The quantitative estimate of drug-likeness (QED) is 0.762. The van der Waals surface area contributed by atoms with E-state index in [0.717, 1.165) is 5.33 Å². The number of rotatable bonds is 4. The smallest absolute Gasteiger partial charge is 0.138 e. The van der Waals surface area contributed by atoms with Gasteiger partial charge in [-0.25, -0.2) is 4.39 Å². The first-order chi connectivity index (χ1) is 7.15. The molecule has 0 aromatic heterocycles. The molecule has 0 N–H and O–H groups in total. The van der Waals surface area contributed by atoms with Crippen LogP contribution in [0.4, 0.5) is 4.39 Å². The van der Waals surface area contributed by atoms with E-state index in [0.29, 0.717) is 17.4 Å². The Balaban J connectivity index is 1.99. The van der Waals surface area contributed by atoms with Crippen molar-refractivity contribution in [3.8, 4) is 5.75 Å². The summed E-state index contributed by atoms with van der Waals surface area (Å²) in [5.74, 6) is 0.222. The molecule has 0 saturated heterocycles. The van der Waals surface area contributed by atoms with E-state index in [1.807, 2.05) is 0 Å². The average molecular weight is 294 g/mol. The third-order valence-electron chi connectivity index (χ3n) is 2.67. The summed E-state index contributed by atoms with van der Waals surface area (Å²) < 4.78 is 18.3. The molecule has 1 saturated carbocycles. The summed E-state index contributed by atoms with van der Waals surface area (Å²) in [6.07, 6.45) is 2.36. The topological polar surface area (TPSA) is 9.23 Å². The van der Waals surface area contributed by atoms with E-state index in [9.17, 15) is 4.39 Å². The Hall–Kier alpha value is -0.280. The van der Waals surface area contributed by atoms with Crippen molar-refractivity contribution < 1.29 is 9.13 Å². The number of ether oxygens (including phenoxy) is 1. The highest BCUT2D eigenvalue weighted by atomic mass is 79.9. The van der Waals surface area contributed by atoms with Crippen molar-refractivity contribution in [3.63, 3.8) is 0 Å². The molecule has 0 spiro atoms. The Kier molecular flexibility index (Phi) is 3.21. The highest BCUT2D eigenvalue weighted by molar-refractivity contribution is 9.09. The molecule has 1 aliphatic rings. The lowest BCUT2D eigenvalue weighted by atomic mass is 10.2. The predicted molar refractivity (Wildman–Crippen MR) is 62.4 cm³/mol. The molecule has 0 atom stereocenters. The molecule has 15 heavy (non-hydrogen) atoms. The second-order valence-electron chi connectivity index (χ2n) is 4.00. The standard InChI is InChI=1S/C11H11BrClFO/c12-6-11(3-4-11)7-15-10-2-1-8(14)5-9(10)13/h1-2,5H,3-4,6-7H2. The summed E-state index contributed by atoms with van der Waals surface area (Å²) in [6.45, 7) is 0.642. The van der Waals surface area contributed by atoms with Gasteiger partial charge in [0.25, 0.3) is 0 Å². The Morgan fingerprint density at radius 1 is 1.47 bits per heavy atom. The molecule has 1 aliphatic carbocycles. The van der Waals surface area contributed by atoms with Crippen LogP contribution in [-0.4, -0.2) is 11.9 Å². The van der Waals surface area contributed by atoms with Crippen molar-refractivity contribution in [3.05, 3.63) is 29.0 Å². The maximum absolute atomic E-state index is 12.8. The van der Waals surface area contributed by atoms with E-state index in [-0.39, 0.29) is 11.2 Å². The van der Waals surface area contributed by atoms with E-state index in [2.05, 4.69) is 15.9 Å². The minimum absolute atomic E-state index is 0.276. The number of benzene rings is 1. The third kappa shape index (κ3) is 2.64. The largest absolute Gasteiger partial charge is 0.491 e. The zero-order chi connectivity index (χ0) is 10.9. The van der Waals surface area contributed by atoms with Gasteiger partial charge in [-0.15, -0.1) is 0 Å². The monoisotopic (exact) mass is 292 g/mol. The zero-order valence-corrected chi connectivity index (χ0v) is 10.4. The van der Waals surface area contributed by atoms with Crippen LogP contribution < -0.4 is 4.74 Å². The lowest BCUT2D eigenvalue weighted by Crippen LogP contribution is -2.14. The number of hydrogen-bond donors (Lipinski definition) is 0. The zero-order valence-electron chi connectivity index (χ0n) is 8.10. The fourth-order valence-electron chi connectivity index (χ4n) is 1.32. The summed E-state index contributed by atoms with van der Waals surface area (Å²) in [4.78, 5) is 0. The first-order valence-electron chi connectivity index (χ1n) is 4.79. The van der Waals surface area contributed by atoms with Gasteiger partial charge < -0.3 is 4.74 Å². The number of halogens is 3. The average Bonchev–Trinajstić information content (AvgIpc) is 2.97. The molecular formula is C11H11BrClFO. The van der Waals surface area contributed by atoms with Crippen LogP contribution >= 0.6 is 27.5 Å². The molecule has 82 valence electrons. The molecule has 0 radical (unpaired) electrons. The van der Waals surface area contributed by atoms with Gasteiger partial charge in [0.2, 0.25) is 0 Å². The maximum Gasteiger partial charge on any atom is 0.138 e. The minimum Gasteiger partial charge on any atom is -0.491 e. The molecule has 4 heteroatoms. The third-order valence-corrected chi connectivity index (χ3v) is 4.15. The van der Waals surface area contributed by atoms with Gasteiger partial charge in [-0.2, -0.15) is 0 Å². The Morgan fingerprint density at radius 2 is 2.20 bits per heavy atom. The second-order valence-corrected chi connectivity index (χ2v) is 4.96. The molecule has 1 fully saturated rings. The Labute approximate surface area is 102 Å². The summed E-state index contributed by atoms with van der Waals surface area (Å²) in [6, 6.07) is 4.20. The van der Waals surface area contributed by atoms with E-state index < -0.39 is 0 Å². The van der Waals surface area contributed by atoms with Crippen molar-refractivity contribution in [2.45, 2.75) is 12.8 Å². The van der Waals surface area contributed by atoms with Crippen molar-refractivity contribution >= 4 is 27.5 Å². The maximum atomic E-state index is 12.8. The van der Waals surface area contributed by atoms with Crippen LogP contribution in [0.2, 0.25) is 5.02 Å². The van der Waals surface area contributed by atoms with Gasteiger partial charge in [-0.3, -0.25) is 0 Å². The van der Waals surface area contributed by atoms with Gasteiger partial charge in [0.1, 0.15) is 11.6 Å². The van der Waals surface area contributed by atoms with Gasteiger partial charge in [0.15, 0.2) is 0 Å². The lowest BCUT2D eigenvalue weighted by molar-refractivity contribution is 0.251. The van der Waals surface area contributed by atoms with Gasteiger partial charge in [0.05, 0.1) is 11.6 Å². The van der Waals surface area contributed by atoms with Gasteiger partial charge >= 0.3 is 0 Å². The van der Waals surface area contributed by atoms with E-state index in [1.54, 1.807) is 6.07 Å². The molecule has 1 nitrogen and oxygen atoms in total. The summed E-state index contributed by atoms with van der Waals surface area (Å²) >= 11 is 9.31. The van der Waals surface area contributed by atoms with Crippen molar-refractivity contribution in [1.29, 1.82) is 0 Å². The van der Waals surface area contributed by atoms with Gasteiger partial charge in [-0.05, 0) is 31.0 Å². The summed E-state index contributed by atoms with van der Waals surface area (Å²) in [7, 11) is 0. The molecule has 0 amide bonds. The van der Waals surface area contributed by atoms with E-state index in [4.69, 9.17) is 16.3 Å². The fourth-order valence-corrected chi connectivity index (χ4v) is 2.26. The highest BCUT2D eigenvalue weighted by Crippen LogP contribution is 2.47. The first kappa shape index (κ1) is 11.2. The molecule has 1 aromatic rings. The van der Waals surface area contributed by atoms with Crippen LogP contribution in [0, 0.1) is 11.2 Å². The fraction of sp³-hybridized carbons (Fsp3) is 0.455. The minimum atomic E-state index is -0.339. The van der Waals surface area contributed by atoms with Crippen molar-refractivity contribution in [2.24, 2.45) is 5.41 Å². The van der Waals surface area contributed by atoms with Crippen LogP contribution in [0.15, 0.2) is 18.2 Å². The normalized spacial score (nSPS) is 17.5. The molecule has 0 unspecified atom stereocenters. The Morgan fingerprint density at radius 3 is 2.73 bits per heavy atom. The first-order valence-corrected chi connectivity index (χ1v) is 6.29. The van der Waals surface area contributed by atoms with Crippen LogP contribution in [0.25, 0.3) is 0 Å². The van der Waals surface area contributed by atoms with Crippen LogP contribution in [-0.2, 0) is 0 Å². The molecule has 0 bridgehead atoms. The van der Waals surface area contributed by atoms with Crippen molar-refractivity contribution in [2.75, 3.05) is 11.9 Å². The summed E-state index contributed by atoms with van der Waals surface area (Å²) in [5.41, 5.74) is 0.276. The van der Waals surface area contributed by atoms with Crippen LogP contribution in [0.5, 0.6) is 5.75 Å². The van der Waals surface area contributed by atoms with Crippen LogP contribution in [0.3, 0.4) is 0 Å². The van der Waals surface area contributed by atoms with Crippen molar-refractivity contribution in [1.82, 2.24) is 0 Å². The van der Waals surface area contributed by atoms with Gasteiger partial charge in [-0.1, -0.05) is 27.5 Å². The second kappa shape index (κ2) is 4.30. The predicted octanol–water partition coefficient (Wildman–Crippen LogP) is 4.03. The van der Waals surface area contributed by atoms with E-state index >= 15 is 0 Å². The molecule has 0 aliphatic heterocycles. The number of alkyl halides is 1.